The Morgan fingerprint density at radius 2 is 2.50 bits per heavy atom. The molecule has 0 fully saturated rings. The van der Waals surface area contributed by atoms with Crippen LogP contribution in [0.25, 0.3) is 0 Å². The normalized spacial score (nSPS) is 16.9. The van der Waals surface area contributed by atoms with Crippen molar-refractivity contribution in [3.8, 4) is 0 Å². The molecule has 0 saturated carbocycles. The summed E-state index contributed by atoms with van der Waals surface area (Å²) in [4.78, 5) is 10.7. The fraction of sp³-hybridized carbons (Fsp3) is 0.500. The molecule has 0 saturated heterocycles. The van der Waals surface area contributed by atoms with E-state index >= 15 is 0 Å². The van der Waals surface area contributed by atoms with Gasteiger partial charge in [0.2, 0.25) is 5.12 Å². The number of hydrogen-bond acceptors (Lipinski definition) is 2. The van der Waals surface area contributed by atoms with E-state index in [1.807, 2.05) is 12.3 Å². The highest BCUT2D eigenvalue weighted by Gasteiger charge is 2.12. The van der Waals surface area contributed by atoms with Gasteiger partial charge in [0.1, 0.15) is 0 Å². The van der Waals surface area contributed by atoms with Crippen molar-refractivity contribution in [2.75, 3.05) is 6.26 Å². The Morgan fingerprint density at radius 1 is 1.88 bits per heavy atom. The Hall–Kier alpha value is -0.240. The Bertz CT molecular complexity index is 137. The standard InChI is InChI=1S/C6H8OS/c1-8-6(7)5-3-2-4-5/h3H,2,4H2,1H3. The maximum absolute atomic E-state index is 10.7. The van der Waals surface area contributed by atoms with Crippen molar-refractivity contribution in [2.24, 2.45) is 0 Å². The second kappa shape index (κ2) is 2.35. The fourth-order valence-corrected chi connectivity index (χ4v) is 1.05. The van der Waals surface area contributed by atoms with Crippen molar-refractivity contribution in [1.29, 1.82) is 0 Å². The van der Waals surface area contributed by atoms with Gasteiger partial charge in [-0.25, -0.2) is 0 Å². The molecule has 1 nitrogen and oxygen atoms in total. The van der Waals surface area contributed by atoms with Crippen LogP contribution in [-0.2, 0) is 4.79 Å². The molecule has 0 unspecified atom stereocenters. The summed E-state index contributed by atoms with van der Waals surface area (Å²) in [5, 5.41) is 0.247. The smallest absolute Gasteiger partial charge is 0.214 e. The van der Waals surface area contributed by atoms with E-state index < -0.39 is 0 Å². The fourth-order valence-electron chi connectivity index (χ4n) is 0.605. The lowest BCUT2D eigenvalue weighted by Gasteiger charge is -2.09. The van der Waals surface area contributed by atoms with Crippen LogP contribution in [0.2, 0.25) is 0 Å². The van der Waals surface area contributed by atoms with Gasteiger partial charge in [-0.15, -0.1) is 0 Å². The Morgan fingerprint density at radius 3 is 2.62 bits per heavy atom. The molecule has 44 valence electrons. The molecular formula is C6H8OS. The van der Waals surface area contributed by atoms with Crippen LogP contribution >= 0.6 is 11.8 Å². The molecule has 0 aromatic heterocycles. The van der Waals surface area contributed by atoms with E-state index in [1.165, 1.54) is 11.8 Å². The van der Waals surface area contributed by atoms with Gasteiger partial charge in [0.15, 0.2) is 0 Å². The van der Waals surface area contributed by atoms with Gasteiger partial charge in [-0.3, -0.25) is 4.79 Å². The highest BCUT2D eigenvalue weighted by Crippen LogP contribution is 2.22. The third kappa shape index (κ3) is 0.944. The zero-order valence-corrected chi connectivity index (χ0v) is 5.62. The molecule has 0 amide bonds. The molecule has 1 aliphatic carbocycles. The van der Waals surface area contributed by atoms with Crippen LogP contribution in [0.1, 0.15) is 12.8 Å². The number of allylic oxidation sites excluding steroid dienone is 1. The molecule has 0 aromatic carbocycles. The first-order valence-corrected chi connectivity index (χ1v) is 3.84. The summed E-state index contributed by atoms with van der Waals surface area (Å²) >= 11 is 1.30. The van der Waals surface area contributed by atoms with Gasteiger partial charge >= 0.3 is 0 Å². The number of carbonyl (C=O) groups is 1. The van der Waals surface area contributed by atoms with Crippen LogP contribution < -0.4 is 0 Å². The summed E-state index contributed by atoms with van der Waals surface area (Å²) in [7, 11) is 0. The minimum atomic E-state index is 0.247. The maximum Gasteiger partial charge on any atom is 0.214 e. The van der Waals surface area contributed by atoms with E-state index in [1.54, 1.807) is 0 Å². The largest absolute Gasteiger partial charge is 0.282 e. The molecule has 1 aliphatic rings. The van der Waals surface area contributed by atoms with Crippen LogP contribution in [0.5, 0.6) is 0 Å². The van der Waals surface area contributed by atoms with E-state index in [2.05, 4.69) is 0 Å². The lowest BCUT2D eigenvalue weighted by Crippen LogP contribution is -2.02. The third-order valence-electron chi connectivity index (χ3n) is 1.25. The highest BCUT2D eigenvalue weighted by atomic mass is 32.2. The minimum Gasteiger partial charge on any atom is -0.282 e. The molecule has 0 N–H and O–H groups in total. The minimum absolute atomic E-state index is 0.247. The van der Waals surface area contributed by atoms with Crippen LogP contribution in [0.3, 0.4) is 0 Å². The summed E-state index contributed by atoms with van der Waals surface area (Å²) in [6.45, 7) is 0. The lowest BCUT2D eigenvalue weighted by atomic mass is 10.0. The second-order valence-electron chi connectivity index (χ2n) is 1.76. The van der Waals surface area contributed by atoms with Crippen LogP contribution in [0, 0.1) is 0 Å². The summed E-state index contributed by atoms with van der Waals surface area (Å²) < 4.78 is 0. The third-order valence-corrected chi connectivity index (χ3v) is 1.88. The SMILES string of the molecule is CSC(=O)C1=CCC1. The first-order chi connectivity index (χ1) is 3.84. The van der Waals surface area contributed by atoms with Gasteiger partial charge < -0.3 is 0 Å². The number of rotatable bonds is 1. The van der Waals surface area contributed by atoms with Gasteiger partial charge in [-0.1, -0.05) is 17.8 Å². The monoisotopic (exact) mass is 128 g/mol. The van der Waals surface area contributed by atoms with Crippen molar-refractivity contribution in [2.45, 2.75) is 12.8 Å². The molecule has 0 radical (unpaired) electrons. The van der Waals surface area contributed by atoms with E-state index in [4.69, 9.17) is 0 Å². The van der Waals surface area contributed by atoms with E-state index in [0.717, 1.165) is 18.4 Å². The van der Waals surface area contributed by atoms with E-state index in [-0.39, 0.29) is 5.12 Å². The van der Waals surface area contributed by atoms with E-state index in [9.17, 15) is 4.79 Å². The van der Waals surface area contributed by atoms with Crippen molar-refractivity contribution in [3.05, 3.63) is 11.6 Å². The molecule has 8 heavy (non-hydrogen) atoms. The average Bonchev–Trinajstić information content (AvgIpc) is 1.62. The molecule has 0 bridgehead atoms. The topological polar surface area (TPSA) is 17.1 Å². The average molecular weight is 128 g/mol. The first kappa shape index (κ1) is 5.89. The second-order valence-corrected chi connectivity index (χ2v) is 2.54. The Kier molecular flexibility index (Phi) is 1.73. The van der Waals surface area contributed by atoms with Gasteiger partial charge in [-0.2, -0.15) is 0 Å². The van der Waals surface area contributed by atoms with Crippen molar-refractivity contribution < 1.29 is 4.79 Å². The first-order valence-electron chi connectivity index (χ1n) is 2.62. The lowest BCUT2D eigenvalue weighted by molar-refractivity contribution is -0.108. The van der Waals surface area contributed by atoms with Crippen LogP contribution in [0.4, 0.5) is 0 Å². The Labute approximate surface area is 53.2 Å². The summed E-state index contributed by atoms with van der Waals surface area (Å²) in [5.74, 6) is 0. The van der Waals surface area contributed by atoms with Crippen LogP contribution in [0.15, 0.2) is 11.6 Å². The van der Waals surface area contributed by atoms with Gasteiger partial charge in [0.25, 0.3) is 0 Å². The van der Waals surface area contributed by atoms with Gasteiger partial charge in [0.05, 0.1) is 0 Å². The number of carbonyl (C=O) groups excluding carboxylic acids is 1. The molecule has 0 aliphatic heterocycles. The molecule has 0 aromatic rings. The molecule has 1 rings (SSSR count). The molecular weight excluding hydrogens is 120 g/mol. The van der Waals surface area contributed by atoms with Crippen molar-refractivity contribution in [1.82, 2.24) is 0 Å². The summed E-state index contributed by atoms with van der Waals surface area (Å²) in [6.07, 6.45) is 5.92. The predicted octanol–water partition coefficient (Wildman–Crippen LogP) is 1.60. The van der Waals surface area contributed by atoms with Gasteiger partial charge in [-0.05, 0) is 19.1 Å². The van der Waals surface area contributed by atoms with Crippen molar-refractivity contribution >= 4 is 16.9 Å². The van der Waals surface area contributed by atoms with Gasteiger partial charge in [0, 0.05) is 5.57 Å². The highest BCUT2D eigenvalue weighted by molar-refractivity contribution is 8.13. The zero-order chi connectivity index (χ0) is 5.98. The number of thioether (sulfide) groups is 1. The quantitative estimate of drug-likeness (QED) is 0.533. The molecule has 0 heterocycles. The maximum atomic E-state index is 10.7. The summed E-state index contributed by atoms with van der Waals surface area (Å²) in [6, 6.07) is 0. The van der Waals surface area contributed by atoms with Crippen molar-refractivity contribution in [3.63, 3.8) is 0 Å². The predicted molar refractivity (Wildman–Crippen MR) is 35.8 cm³/mol. The Balaban J connectivity index is 2.47. The molecule has 2 heteroatoms. The zero-order valence-electron chi connectivity index (χ0n) is 4.81. The molecule has 0 atom stereocenters. The van der Waals surface area contributed by atoms with Crippen LogP contribution in [-0.4, -0.2) is 11.4 Å². The molecule has 0 spiro atoms. The summed E-state index contributed by atoms with van der Waals surface area (Å²) in [5.41, 5.74) is 1.01. The van der Waals surface area contributed by atoms with E-state index in [0.29, 0.717) is 0 Å². The number of hydrogen-bond donors (Lipinski definition) is 0.